The van der Waals surface area contributed by atoms with E-state index < -0.39 is 0 Å². The summed E-state index contributed by atoms with van der Waals surface area (Å²) in [6, 6.07) is 0. The minimum Gasteiger partial charge on any atom is -0.501 e. The van der Waals surface area contributed by atoms with Crippen LogP contribution in [0.25, 0.3) is 6.08 Å². The van der Waals surface area contributed by atoms with Crippen LogP contribution in [0.4, 0.5) is 5.69 Å². The number of hydrogen-bond donors (Lipinski definition) is 1. The number of rotatable bonds is 5. The maximum atomic E-state index is 11.2. The summed E-state index contributed by atoms with van der Waals surface area (Å²) in [5.74, 6) is 0.665. The molecule has 0 fully saturated rings. The maximum absolute atomic E-state index is 11.2. The largest absolute Gasteiger partial charge is 0.501 e. The van der Waals surface area contributed by atoms with Crippen LogP contribution >= 0.6 is 0 Å². The topological polar surface area (TPSA) is 73.3 Å². The lowest BCUT2D eigenvalue weighted by Gasteiger charge is -2.11. The van der Waals surface area contributed by atoms with E-state index in [0.29, 0.717) is 29.7 Å². The molecule has 0 radical (unpaired) electrons. The van der Waals surface area contributed by atoms with Crippen LogP contribution in [0.3, 0.4) is 0 Å². The van der Waals surface area contributed by atoms with Gasteiger partial charge in [-0.15, -0.1) is 0 Å². The van der Waals surface area contributed by atoms with Crippen LogP contribution in [-0.4, -0.2) is 29.6 Å². The molecule has 0 unspecified atom stereocenters. The van der Waals surface area contributed by atoms with Gasteiger partial charge in [0.1, 0.15) is 11.5 Å². The molecule has 0 aliphatic rings. The van der Waals surface area contributed by atoms with Gasteiger partial charge in [0.15, 0.2) is 0 Å². The van der Waals surface area contributed by atoms with Crippen molar-refractivity contribution in [1.29, 1.82) is 0 Å². The molecule has 6 heteroatoms. The van der Waals surface area contributed by atoms with E-state index in [0.717, 1.165) is 0 Å². The molecule has 0 bridgehead atoms. The molecular weight excluding hydrogens is 234 g/mol. The van der Waals surface area contributed by atoms with Crippen LogP contribution in [0.5, 0.6) is 5.88 Å². The smallest absolute Gasteiger partial charge is 0.241 e. The fourth-order valence-corrected chi connectivity index (χ4v) is 1.34. The average molecular weight is 251 g/mol. The number of anilines is 1. The van der Waals surface area contributed by atoms with Gasteiger partial charge in [-0.25, -0.2) is 4.98 Å². The summed E-state index contributed by atoms with van der Waals surface area (Å²) in [5.41, 5.74) is 0.981. The minimum atomic E-state index is -0.216. The predicted molar refractivity (Wildman–Crippen MR) is 68.3 cm³/mol. The predicted octanol–water partition coefficient (Wildman–Crippen LogP) is 1.76. The Bertz CT molecular complexity index is 458. The fraction of sp³-hybridized carbons (Fsp3) is 0.417. The van der Waals surface area contributed by atoms with E-state index in [2.05, 4.69) is 15.3 Å². The van der Waals surface area contributed by atoms with Crippen molar-refractivity contribution < 1.29 is 14.3 Å². The Balaban J connectivity index is 3.18. The molecule has 0 aliphatic heterocycles. The Morgan fingerprint density at radius 2 is 2.17 bits per heavy atom. The SMILES string of the molecule is CCO/C=C/c1nc(C)nc(OC)c1NC(C)=O. The Morgan fingerprint density at radius 3 is 2.72 bits per heavy atom. The number of carbonyl (C=O) groups is 1. The normalized spacial score (nSPS) is 10.4. The van der Waals surface area contributed by atoms with Crippen molar-refractivity contribution in [2.75, 3.05) is 19.0 Å². The van der Waals surface area contributed by atoms with E-state index in [1.807, 2.05) is 6.92 Å². The molecule has 6 nitrogen and oxygen atoms in total. The zero-order chi connectivity index (χ0) is 13.5. The van der Waals surface area contributed by atoms with Gasteiger partial charge in [-0.05, 0) is 13.8 Å². The molecule has 18 heavy (non-hydrogen) atoms. The number of nitrogens with zero attached hydrogens (tertiary/aromatic N) is 2. The van der Waals surface area contributed by atoms with Gasteiger partial charge in [-0.1, -0.05) is 0 Å². The number of methoxy groups -OCH3 is 1. The number of aromatic nitrogens is 2. The summed E-state index contributed by atoms with van der Waals surface area (Å²) in [6.45, 7) is 5.60. The summed E-state index contributed by atoms with van der Waals surface area (Å²) < 4.78 is 10.2. The average Bonchev–Trinajstić information content (AvgIpc) is 2.31. The third-order valence-corrected chi connectivity index (χ3v) is 2.00. The Kier molecular flexibility index (Phi) is 5.10. The van der Waals surface area contributed by atoms with E-state index >= 15 is 0 Å². The molecular formula is C12H17N3O3. The summed E-state index contributed by atoms with van der Waals surface area (Å²) in [4.78, 5) is 19.5. The van der Waals surface area contributed by atoms with Crippen LogP contribution in [0.1, 0.15) is 25.4 Å². The van der Waals surface area contributed by atoms with Gasteiger partial charge in [-0.3, -0.25) is 4.79 Å². The summed E-state index contributed by atoms with van der Waals surface area (Å²) in [5, 5.41) is 2.65. The van der Waals surface area contributed by atoms with Crippen LogP contribution in [-0.2, 0) is 9.53 Å². The Labute approximate surface area is 106 Å². The molecule has 1 aromatic heterocycles. The molecule has 0 aliphatic carbocycles. The van der Waals surface area contributed by atoms with Crippen LogP contribution in [0.15, 0.2) is 6.26 Å². The van der Waals surface area contributed by atoms with Gasteiger partial charge in [-0.2, -0.15) is 4.98 Å². The van der Waals surface area contributed by atoms with E-state index in [4.69, 9.17) is 9.47 Å². The van der Waals surface area contributed by atoms with Gasteiger partial charge < -0.3 is 14.8 Å². The third kappa shape index (κ3) is 3.73. The monoisotopic (exact) mass is 251 g/mol. The van der Waals surface area contributed by atoms with Crippen molar-refractivity contribution in [2.24, 2.45) is 0 Å². The van der Waals surface area contributed by atoms with Gasteiger partial charge in [0, 0.05) is 13.0 Å². The fourth-order valence-electron chi connectivity index (χ4n) is 1.34. The van der Waals surface area contributed by atoms with Gasteiger partial charge in [0.2, 0.25) is 11.8 Å². The summed E-state index contributed by atoms with van der Waals surface area (Å²) in [7, 11) is 1.49. The van der Waals surface area contributed by atoms with Crippen molar-refractivity contribution in [1.82, 2.24) is 9.97 Å². The lowest BCUT2D eigenvalue weighted by atomic mass is 10.3. The van der Waals surface area contributed by atoms with Crippen LogP contribution < -0.4 is 10.1 Å². The van der Waals surface area contributed by atoms with Crippen molar-refractivity contribution in [3.05, 3.63) is 17.8 Å². The number of carbonyl (C=O) groups excluding carboxylic acids is 1. The molecule has 0 saturated carbocycles. The highest BCUT2D eigenvalue weighted by atomic mass is 16.5. The Hall–Kier alpha value is -2.11. The molecule has 0 aromatic carbocycles. The zero-order valence-corrected chi connectivity index (χ0v) is 11.0. The first-order valence-electron chi connectivity index (χ1n) is 5.56. The molecule has 0 saturated heterocycles. The van der Waals surface area contributed by atoms with Crippen LogP contribution in [0, 0.1) is 6.92 Å². The molecule has 0 atom stereocenters. The zero-order valence-electron chi connectivity index (χ0n) is 11.0. The van der Waals surface area contributed by atoms with E-state index in [1.54, 1.807) is 13.0 Å². The van der Waals surface area contributed by atoms with E-state index in [-0.39, 0.29) is 5.91 Å². The highest BCUT2D eigenvalue weighted by Gasteiger charge is 2.13. The van der Waals surface area contributed by atoms with Gasteiger partial charge in [0.25, 0.3) is 0 Å². The standard InChI is InChI=1S/C12H17N3O3/c1-5-18-7-6-10-11(15-9(3)16)12(17-4)14-8(2)13-10/h6-7H,5H2,1-4H3,(H,15,16)/b7-6+. The lowest BCUT2D eigenvalue weighted by molar-refractivity contribution is -0.114. The van der Waals surface area contributed by atoms with Crippen molar-refractivity contribution >= 4 is 17.7 Å². The number of aryl methyl sites for hydroxylation is 1. The molecule has 1 heterocycles. The lowest BCUT2D eigenvalue weighted by Crippen LogP contribution is -2.11. The highest BCUT2D eigenvalue weighted by Crippen LogP contribution is 2.26. The summed E-state index contributed by atoms with van der Waals surface area (Å²) >= 11 is 0. The van der Waals surface area contributed by atoms with Crippen molar-refractivity contribution in [2.45, 2.75) is 20.8 Å². The Morgan fingerprint density at radius 1 is 1.44 bits per heavy atom. The maximum Gasteiger partial charge on any atom is 0.241 e. The first-order chi connectivity index (χ1) is 8.58. The highest BCUT2D eigenvalue weighted by molar-refractivity contribution is 5.92. The number of amides is 1. The first kappa shape index (κ1) is 14.0. The van der Waals surface area contributed by atoms with Gasteiger partial charge >= 0.3 is 0 Å². The second kappa shape index (κ2) is 6.58. The quantitative estimate of drug-likeness (QED) is 0.807. The van der Waals surface area contributed by atoms with Crippen molar-refractivity contribution in [3.8, 4) is 5.88 Å². The van der Waals surface area contributed by atoms with Gasteiger partial charge in [0.05, 0.1) is 25.7 Å². The number of ether oxygens (including phenoxy) is 2. The number of nitrogens with one attached hydrogen (secondary N) is 1. The second-order valence-electron chi connectivity index (χ2n) is 3.48. The minimum absolute atomic E-state index is 0.216. The summed E-state index contributed by atoms with van der Waals surface area (Å²) in [6.07, 6.45) is 3.18. The second-order valence-corrected chi connectivity index (χ2v) is 3.48. The molecule has 1 rings (SSSR count). The molecule has 0 spiro atoms. The molecule has 1 aromatic rings. The third-order valence-electron chi connectivity index (χ3n) is 2.00. The van der Waals surface area contributed by atoms with Crippen LogP contribution in [0.2, 0.25) is 0 Å². The molecule has 1 amide bonds. The molecule has 1 N–H and O–H groups in total. The molecule has 98 valence electrons. The van der Waals surface area contributed by atoms with E-state index in [1.165, 1.54) is 20.3 Å². The van der Waals surface area contributed by atoms with E-state index in [9.17, 15) is 4.79 Å². The number of hydrogen-bond acceptors (Lipinski definition) is 5. The first-order valence-corrected chi connectivity index (χ1v) is 5.56. The van der Waals surface area contributed by atoms with Crippen molar-refractivity contribution in [3.63, 3.8) is 0 Å².